The van der Waals surface area contributed by atoms with Gasteiger partial charge < -0.3 is 4.84 Å². The van der Waals surface area contributed by atoms with Gasteiger partial charge in [0.15, 0.2) is 0 Å². The number of fused-ring (bicyclic) bond motifs is 1. The zero-order valence-electron chi connectivity index (χ0n) is 14.9. The summed E-state index contributed by atoms with van der Waals surface area (Å²) in [5, 5.41) is 4.72. The van der Waals surface area contributed by atoms with Crippen molar-refractivity contribution in [2.24, 2.45) is 5.16 Å². The van der Waals surface area contributed by atoms with E-state index in [1.165, 1.54) is 14.2 Å². The van der Waals surface area contributed by atoms with E-state index < -0.39 is 11.8 Å². The summed E-state index contributed by atoms with van der Waals surface area (Å²) in [4.78, 5) is 44.7. The number of rotatable bonds is 8. The number of imide groups is 1. The monoisotopic (exact) mass is 370 g/mol. The Labute approximate surface area is 155 Å². The molecule has 0 radical (unpaired) electrons. The van der Waals surface area contributed by atoms with Crippen molar-refractivity contribution in [1.82, 2.24) is 5.06 Å². The molecule has 0 aliphatic carbocycles. The van der Waals surface area contributed by atoms with Crippen LogP contribution in [0.1, 0.15) is 31.8 Å². The number of hydroxylamine groups is 2. The number of hydrogen-bond acceptors (Lipinski definition) is 7. The van der Waals surface area contributed by atoms with Crippen molar-refractivity contribution >= 4 is 17.5 Å². The number of oxime groups is 1. The highest BCUT2D eigenvalue weighted by molar-refractivity contribution is 6.20. The molecule has 0 aromatic heterocycles. The van der Waals surface area contributed by atoms with Crippen molar-refractivity contribution < 1.29 is 29.0 Å². The Kier molecular flexibility index (Phi) is 5.92. The molecule has 0 fully saturated rings. The lowest BCUT2D eigenvalue weighted by Gasteiger charge is -2.16. The Morgan fingerprint density at radius 2 is 1.59 bits per heavy atom. The summed E-state index contributed by atoms with van der Waals surface area (Å²) in [6.07, 6.45) is 0. The van der Waals surface area contributed by atoms with Crippen LogP contribution in [-0.4, -0.2) is 43.4 Å². The third-order valence-electron chi connectivity index (χ3n) is 3.95. The summed E-state index contributed by atoms with van der Waals surface area (Å²) in [5.74, 6) is -0.969. The number of benzene rings is 2. The maximum Gasteiger partial charge on any atom is 0.285 e. The molecule has 0 atom stereocenters. The van der Waals surface area contributed by atoms with Crippen LogP contribution in [0, 0.1) is 0 Å². The van der Waals surface area contributed by atoms with Gasteiger partial charge in [-0.15, -0.1) is 5.06 Å². The summed E-state index contributed by atoms with van der Waals surface area (Å²) in [6, 6.07) is 13.8. The summed E-state index contributed by atoms with van der Waals surface area (Å²) >= 11 is 0. The largest absolute Gasteiger partial charge is 0.399 e. The molecule has 1 aliphatic heterocycles. The van der Waals surface area contributed by atoms with Crippen molar-refractivity contribution in [2.45, 2.75) is 6.61 Å². The molecule has 0 unspecified atom stereocenters. The van der Waals surface area contributed by atoms with Crippen LogP contribution >= 0.6 is 0 Å². The number of amides is 2. The van der Waals surface area contributed by atoms with Gasteiger partial charge in [-0.1, -0.05) is 41.6 Å². The fourth-order valence-corrected chi connectivity index (χ4v) is 2.72. The second-order valence-corrected chi connectivity index (χ2v) is 5.53. The standard InChI is InChI=1S/C19H18N2O6/c1-24-20-17(12-27-25-2)14-8-4-3-7-13(14)11-26-21-18(22)15-9-5-6-10-16(15)19(21)23/h3-10H,11-12H2,1-2H3/b20-17-. The molecule has 2 aromatic carbocycles. The first kappa shape index (κ1) is 18.7. The molecule has 8 nitrogen and oxygen atoms in total. The predicted octanol–water partition coefficient (Wildman–Crippen LogP) is 2.34. The quantitative estimate of drug-likeness (QED) is 0.307. The first-order chi connectivity index (χ1) is 13.2. The van der Waals surface area contributed by atoms with E-state index in [4.69, 9.17) is 14.6 Å². The van der Waals surface area contributed by atoms with Gasteiger partial charge in [-0.25, -0.2) is 9.78 Å². The molecular formula is C19H18N2O6. The molecule has 8 heteroatoms. The predicted molar refractivity (Wildman–Crippen MR) is 94.7 cm³/mol. The normalized spacial score (nSPS) is 13.9. The average molecular weight is 370 g/mol. The average Bonchev–Trinajstić information content (AvgIpc) is 2.94. The minimum Gasteiger partial charge on any atom is -0.399 e. The smallest absolute Gasteiger partial charge is 0.285 e. The molecule has 0 saturated heterocycles. The minimum absolute atomic E-state index is 0.0165. The van der Waals surface area contributed by atoms with Gasteiger partial charge >= 0.3 is 0 Å². The lowest BCUT2D eigenvalue weighted by molar-refractivity contribution is -0.259. The molecule has 0 saturated carbocycles. The van der Waals surface area contributed by atoms with Crippen LogP contribution in [0.25, 0.3) is 0 Å². The van der Waals surface area contributed by atoms with E-state index >= 15 is 0 Å². The van der Waals surface area contributed by atoms with E-state index in [1.807, 2.05) is 12.1 Å². The second kappa shape index (κ2) is 8.54. The lowest BCUT2D eigenvalue weighted by atomic mass is 10.0. The SMILES string of the molecule is CO/N=C(/COOC)c1ccccc1CON1C(=O)c2ccccc2C1=O. The van der Waals surface area contributed by atoms with Crippen molar-refractivity contribution in [3.05, 3.63) is 70.8 Å². The van der Waals surface area contributed by atoms with Crippen molar-refractivity contribution in [1.29, 1.82) is 0 Å². The van der Waals surface area contributed by atoms with Crippen molar-refractivity contribution in [2.75, 3.05) is 20.8 Å². The molecule has 27 heavy (non-hydrogen) atoms. The zero-order valence-corrected chi connectivity index (χ0v) is 14.9. The summed E-state index contributed by atoms with van der Waals surface area (Å²) < 4.78 is 0. The fraction of sp³-hybridized carbons (Fsp3) is 0.211. The van der Waals surface area contributed by atoms with Crippen LogP contribution in [0.2, 0.25) is 0 Å². The first-order valence-electron chi connectivity index (χ1n) is 8.12. The van der Waals surface area contributed by atoms with Gasteiger partial charge in [0.2, 0.25) is 0 Å². The highest BCUT2D eigenvalue weighted by Gasteiger charge is 2.36. The Morgan fingerprint density at radius 1 is 0.963 bits per heavy atom. The molecule has 0 spiro atoms. The molecular weight excluding hydrogens is 352 g/mol. The molecule has 0 N–H and O–H groups in total. The molecule has 140 valence electrons. The molecule has 2 aromatic rings. The highest BCUT2D eigenvalue weighted by Crippen LogP contribution is 2.24. The Hall–Kier alpha value is -3.07. The topological polar surface area (TPSA) is 86.7 Å². The van der Waals surface area contributed by atoms with Crippen LogP contribution in [0.5, 0.6) is 0 Å². The summed E-state index contributed by atoms with van der Waals surface area (Å²) in [7, 11) is 2.81. The van der Waals surface area contributed by atoms with Crippen LogP contribution in [0.3, 0.4) is 0 Å². The number of carbonyl (C=O) groups excluding carboxylic acids is 2. The molecule has 1 aliphatic rings. The molecule has 0 bridgehead atoms. The molecule has 2 amide bonds. The fourth-order valence-electron chi connectivity index (χ4n) is 2.72. The maximum atomic E-state index is 12.4. The van der Waals surface area contributed by atoms with E-state index in [9.17, 15) is 9.59 Å². The van der Waals surface area contributed by atoms with E-state index in [1.54, 1.807) is 36.4 Å². The van der Waals surface area contributed by atoms with E-state index in [2.05, 4.69) is 10.0 Å². The van der Waals surface area contributed by atoms with Gasteiger partial charge in [-0.2, -0.15) is 0 Å². The Bertz CT molecular complexity index is 845. The van der Waals surface area contributed by atoms with Crippen LogP contribution in [0.15, 0.2) is 53.7 Å². The van der Waals surface area contributed by atoms with Gasteiger partial charge in [0.05, 0.1) is 18.2 Å². The number of nitrogens with zero attached hydrogens (tertiary/aromatic N) is 2. The second-order valence-electron chi connectivity index (χ2n) is 5.53. The first-order valence-corrected chi connectivity index (χ1v) is 8.12. The van der Waals surface area contributed by atoms with Crippen molar-refractivity contribution in [3.63, 3.8) is 0 Å². The van der Waals surface area contributed by atoms with Crippen molar-refractivity contribution in [3.8, 4) is 0 Å². The Morgan fingerprint density at radius 3 is 2.22 bits per heavy atom. The number of carbonyl (C=O) groups is 2. The van der Waals surface area contributed by atoms with Gasteiger partial charge in [0.1, 0.15) is 26.0 Å². The highest BCUT2D eigenvalue weighted by atomic mass is 17.2. The van der Waals surface area contributed by atoms with E-state index in [0.717, 1.165) is 5.06 Å². The van der Waals surface area contributed by atoms with Gasteiger partial charge in [-0.3, -0.25) is 14.4 Å². The van der Waals surface area contributed by atoms with Gasteiger partial charge in [0.25, 0.3) is 11.8 Å². The third kappa shape index (κ3) is 3.87. The molecule has 1 heterocycles. The van der Waals surface area contributed by atoms with E-state index in [0.29, 0.717) is 28.0 Å². The van der Waals surface area contributed by atoms with E-state index in [-0.39, 0.29) is 13.2 Å². The maximum absolute atomic E-state index is 12.4. The lowest BCUT2D eigenvalue weighted by Crippen LogP contribution is -2.30. The van der Waals surface area contributed by atoms with Crippen LogP contribution < -0.4 is 0 Å². The number of hydrogen-bond donors (Lipinski definition) is 0. The third-order valence-corrected chi connectivity index (χ3v) is 3.95. The van der Waals surface area contributed by atoms with Gasteiger partial charge in [-0.05, 0) is 17.7 Å². The van der Waals surface area contributed by atoms with Crippen LogP contribution in [-0.2, 0) is 26.1 Å². The van der Waals surface area contributed by atoms with Crippen LogP contribution in [0.4, 0.5) is 0 Å². The summed E-state index contributed by atoms with van der Waals surface area (Å²) in [5.41, 5.74) is 2.51. The summed E-state index contributed by atoms with van der Waals surface area (Å²) in [6.45, 7) is 0.0335. The minimum atomic E-state index is -0.485. The van der Waals surface area contributed by atoms with Gasteiger partial charge in [0, 0.05) is 5.56 Å². The zero-order chi connectivity index (χ0) is 19.2. The molecule has 3 rings (SSSR count). The Balaban J connectivity index is 1.79.